The van der Waals surface area contributed by atoms with Crippen LogP contribution in [0.5, 0.6) is 5.75 Å². The first-order valence-corrected chi connectivity index (χ1v) is 8.58. The summed E-state index contributed by atoms with van der Waals surface area (Å²) in [6.07, 6.45) is -4.48. The summed E-state index contributed by atoms with van der Waals surface area (Å²) in [7, 11) is 1.52. The van der Waals surface area contributed by atoms with Gasteiger partial charge in [0.1, 0.15) is 5.75 Å². The topological polar surface area (TPSA) is 67.8 Å². The quantitative estimate of drug-likeness (QED) is 0.636. The lowest BCUT2D eigenvalue weighted by Crippen LogP contribution is -2.15. The number of rotatable bonds is 7. The molecule has 0 fully saturated rings. The minimum atomic E-state index is -4.48. The van der Waals surface area contributed by atoms with Crippen LogP contribution in [0.25, 0.3) is 0 Å². The van der Waals surface area contributed by atoms with Gasteiger partial charge in [-0.1, -0.05) is 11.6 Å². The van der Waals surface area contributed by atoms with Crippen LogP contribution in [0.2, 0.25) is 5.02 Å². The third-order valence-corrected chi connectivity index (χ3v) is 4.11. The smallest absolute Gasteiger partial charge is 0.416 e. The zero-order valence-corrected chi connectivity index (χ0v) is 15.9. The number of methoxy groups -OCH3 is 1. The fourth-order valence-corrected chi connectivity index (χ4v) is 2.67. The van der Waals surface area contributed by atoms with E-state index in [-0.39, 0.29) is 40.8 Å². The highest BCUT2D eigenvalue weighted by atomic mass is 35.5. The summed E-state index contributed by atoms with van der Waals surface area (Å²) in [5.41, 5.74) is -0.206. The van der Waals surface area contributed by atoms with Crippen LogP contribution in [0.15, 0.2) is 30.3 Å². The van der Waals surface area contributed by atoms with Crippen molar-refractivity contribution in [2.45, 2.75) is 19.7 Å². The van der Waals surface area contributed by atoms with Crippen molar-refractivity contribution < 1.29 is 32.5 Å². The predicted molar refractivity (Wildman–Crippen MR) is 98.8 cm³/mol. The zero-order chi connectivity index (χ0) is 20.9. The van der Waals surface area contributed by atoms with Crippen LogP contribution in [0, 0.1) is 6.92 Å². The number of halogens is 4. The molecule has 0 aliphatic carbocycles. The molecule has 2 N–H and O–H groups in total. The summed E-state index contributed by atoms with van der Waals surface area (Å²) in [6, 6.07) is 5.69. The number of carbonyl (C=O) groups is 1. The molecule has 1 amide bonds. The Balaban J connectivity index is 2.21. The number of amides is 1. The molecule has 152 valence electrons. The molecule has 0 unspecified atom stereocenters. The molecule has 2 aromatic rings. The van der Waals surface area contributed by atoms with E-state index in [4.69, 9.17) is 21.1 Å². The molecule has 0 saturated carbocycles. The number of hydrogen-bond donors (Lipinski definition) is 2. The van der Waals surface area contributed by atoms with E-state index < -0.39 is 17.6 Å². The fourth-order valence-electron chi connectivity index (χ4n) is 2.43. The summed E-state index contributed by atoms with van der Waals surface area (Å²) >= 11 is 6.01. The number of aryl methyl sites for hydroxylation is 1. The van der Waals surface area contributed by atoms with Gasteiger partial charge in [0.05, 0.1) is 30.9 Å². The highest BCUT2D eigenvalue weighted by molar-refractivity contribution is 6.31. The van der Waals surface area contributed by atoms with Crippen molar-refractivity contribution in [3.8, 4) is 5.75 Å². The Kier molecular flexibility index (Phi) is 7.29. The van der Waals surface area contributed by atoms with E-state index in [0.29, 0.717) is 12.2 Å². The SMILES string of the molecule is COCCOCc1cc(Cl)cc(C(=O)Nc2ccc(C(F)(F)F)cc2C)c1O. The van der Waals surface area contributed by atoms with E-state index in [1.54, 1.807) is 0 Å². The second kappa shape index (κ2) is 9.27. The van der Waals surface area contributed by atoms with Crippen LogP contribution < -0.4 is 5.32 Å². The lowest BCUT2D eigenvalue weighted by molar-refractivity contribution is -0.137. The molecule has 0 aromatic heterocycles. The molecule has 0 saturated heterocycles. The second-order valence-corrected chi connectivity index (χ2v) is 6.42. The van der Waals surface area contributed by atoms with Crippen molar-refractivity contribution in [3.63, 3.8) is 0 Å². The average Bonchev–Trinajstić information content (AvgIpc) is 2.61. The second-order valence-electron chi connectivity index (χ2n) is 5.99. The molecule has 2 aromatic carbocycles. The van der Waals surface area contributed by atoms with Crippen molar-refractivity contribution in [3.05, 3.63) is 57.6 Å². The van der Waals surface area contributed by atoms with E-state index in [0.717, 1.165) is 18.2 Å². The third kappa shape index (κ3) is 5.60. The Labute approximate surface area is 165 Å². The minimum Gasteiger partial charge on any atom is -0.507 e. The number of phenolic OH excluding ortho intramolecular Hbond substituents is 1. The van der Waals surface area contributed by atoms with E-state index >= 15 is 0 Å². The zero-order valence-electron chi connectivity index (χ0n) is 15.2. The molecule has 9 heteroatoms. The van der Waals surface area contributed by atoms with E-state index in [1.807, 2.05) is 0 Å². The number of phenols is 1. The first kappa shape index (κ1) is 22.0. The van der Waals surface area contributed by atoms with Gasteiger partial charge in [-0.05, 0) is 42.8 Å². The van der Waals surface area contributed by atoms with Crippen molar-refractivity contribution in [2.75, 3.05) is 25.6 Å². The summed E-state index contributed by atoms with van der Waals surface area (Å²) in [6.45, 7) is 2.10. The van der Waals surface area contributed by atoms with Gasteiger partial charge in [0.15, 0.2) is 0 Å². The number of nitrogens with one attached hydrogen (secondary N) is 1. The van der Waals surface area contributed by atoms with E-state index in [9.17, 15) is 23.1 Å². The maximum atomic E-state index is 12.8. The van der Waals surface area contributed by atoms with Crippen LogP contribution in [0.4, 0.5) is 18.9 Å². The number of hydrogen-bond acceptors (Lipinski definition) is 4. The first-order valence-electron chi connectivity index (χ1n) is 8.20. The average molecular weight is 418 g/mol. The lowest BCUT2D eigenvalue weighted by atomic mass is 10.1. The Bertz CT molecular complexity index is 856. The van der Waals surface area contributed by atoms with Gasteiger partial charge in [-0.3, -0.25) is 4.79 Å². The molecule has 0 aliphatic heterocycles. The van der Waals surface area contributed by atoms with Crippen molar-refractivity contribution in [1.29, 1.82) is 0 Å². The summed E-state index contributed by atoms with van der Waals surface area (Å²) in [4.78, 5) is 12.5. The number of anilines is 1. The molecule has 0 atom stereocenters. The molecule has 28 heavy (non-hydrogen) atoms. The molecule has 0 spiro atoms. The Morgan fingerprint density at radius 2 is 1.93 bits per heavy atom. The van der Waals surface area contributed by atoms with Crippen LogP contribution >= 0.6 is 11.6 Å². The van der Waals surface area contributed by atoms with Crippen molar-refractivity contribution in [2.24, 2.45) is 0 Å². The number of aromatic hydroxyl groups is 1. The van der Waals surface area contributed by atoms with Crippen LogP contribution in [0.3, 0.4) is 0 Å². The maximum absolute atomic E-state index is 12.8. The molecule has 0 radical (unpaired) electrons. The molecule has 5 nitrogen and oxygen atoms in total. The van der Waals surface area contributed by atoms with Crippen molar-refractivity contribution >= 4 is 23.2 Å². The van der Waals surface area contributed by atoms with Gasteiger partial charge in [0.2, 0.25) is 0 Å². The Hall–Kier alpha value is -2.29. The number of carbonyl (C=O) groups excluding carboxylic acids is 1. The molecular formula is C19H19ClF3NO4. The van der Waals surface area contributed by atoms with Crippen LogP contribution in [-0.2, 0) is 22.3 Å². The van der Waals surface area contributed by atoms with Gasteiger partial charge < -0.3 is 19.9 Å². The Morgan fingerprint density at radius 3 is 2.54 bits per heavy atom. The van der Waals surface area contributed by atoms with E-state index in [1.165, 1.54) is 26.2 Å². The van der Waals surface area contributed by atoms with E-state index in [2.05, 4.69) is 5.32 Å². The Morgan fingerprint density at radius 1 is 1.21 bits per heavy atom. The minimum absolute atomic E-state index is 0.00927. The number of benzene rings is 2. The molecule has 2 rings (SSSR count). The molecular weight excluding hydrogens is 399 g/mol. The monoisotopic (exact) mass is 417 g/mol. The largest absolute Gasteiger partial charge is 0.507 e. The molecule has 0 heterocycles. The van der Waals surface area contributed by atoms with Crippen LogP contribution in [-0.4, -0.2) is 31.3 Å². The molecule has 0 bridgehead atoms. The van der Waals surface area contributed by atoms with Gasteiger partial charge in [0, 0.05) is 23.4 Å². The summed E-state index contributed by atoms with van der Waals surface area (Å²) in [5.74, 6) is -1.02. The fraction of sp³-hybridized carbons (Fsp3) is 0.316. The highest BCUT2D eigenvalue weighted by Crippen LogP contribution is 2.32. The summed E-state index contributed by atoms with van der Waals surface area (Å²) < 4.78 is 48.5. The number of alkyl halides is 3. The van der Waals surface area contributed by atoms with Gasteiger partial charge >= 0.3 is 6.18 Å². The summed E-state index contributed by atoms with van der Waals surface area (Å²) in [5, 5.41) is 13.1. The van der Waals surface area contributed by atoms with Gasteiger partial charge in [-0.2, -0.15) is 13.2 Å². The van der Waals surface area contributed by atoms with Gasteiger partial charge in [-0.15, -0.1) is 0 Å². The maximum Gasteiger partial charge on any atom is 0.416 e. The van der Waals surface area contributed by atoms with Crippen LogP contribution in [0.1, 0.15) is 27.0 Å². The first-order chi connectivity index (χ1) is 13.1. The highest BCUT2D eigenvalue weighted by Gasteiger charge is 2.30. The number of ether oxygens (including phenoxy) is 2. The normalized spacial score (nSPS) is 11.5. The third-order valence-electron chi connectivity index (χ3n) is 3.89. The van der Waals surface area contributed by atoms with Crippen molar-refractivity contribution in [1.82, 2.24) is 0 Å². The molecule has 0 aliphatic rings. The standard InChI is InChI=1S/C19H19ClF3NO4/c1-11-7-13(19(21,22)23)3-4-16(11)24-18(26)15-9-14(20)8-12(17(15)25)10-28-6-5-27-2/h3-4,7-9,25H,5-6,10H2,1-2H3,(H,24,26). The van der Waals surface area contributed by atoms with Gasteiger partial charge in [-0.25, -0.2) is 0 Å². The van der Waals surface area contributed by atoms with Gasteiger partial charge in [0.25, 0.3) is 5.91 Å². The predicted octanol–water partition coefficient (Wildman–Crippen LogP) is 4.79. The lowest BCUT2D eigenvalue weighted by Gasteiger charge is -2.14.